The van der Waals surface area contributed by atoms with E-state index in [1.807, 2.05) is 32.0 Å². The Bertz CT molecular complexity index is 282. The van der Waals surface area contributed by atoms with Crippen LogP contribution in [0, 0.1) is 0 Å². The van der Waals surface area contributed by atoms with Crippen LogP contribution in [0.15, 0.2) is 30.3 Å². The molecule has 0 aromatic heterocycles. The summed E-state index contributed by atoms with van der Waals surface area (Å²) in [5, 5.41) is 8.55. The molecular weight excluding hydrogens is 204 g/mol. The van der Waals surface area contributed by atoms with Crippen LogP contribution in [-0.2, 0) is 15.9 Å². The van der Waals surface area contributed by atoms with Crippen molar-refractivity contribution >= 4 is 0 Å². The van der Waals surface area contributed by atoms with Gasteiger partial charge >= 0.3 is 0 Å². The molecule has 90 valence electrons. The van der Waals surface area contributed by atoms with E-state index in [1.165, 1.54) is 5.56 Å². The topological polar surface area (TPSA) is 38.7 Å². The highest BCUT2D eigenvalue weighted by molar-refractivity contribution is 5.16. The summed E-state index contributed by atoms with van der Waals surface area (Å²) < 4.78 is 10.7. The van der Waals surface area contributed by atoms with Gasteiger partial charge in [-0.1, -0.05) is 30.3 Å². The Hall–Kier alpha value is -0.900. The lowest BCUT2D eigenvalue weighted by Gasteiger charge is -2.25. The SMILES string of the molecule is CC(C)(Cc1ccccc1)OCOCCO. The molecule has 16 heavy (non-hydrogen) atoms. The molecule has 0 spiro atoms. The maximum atomic E-state index is 8.55. The lowest BCUT2D eigenvalue weighted by molar-refractivity contribution is -0.131. The van der Waals surface area contributed by atoms with Crippen molar-refractivity contribution in [1.82, 2.24) is 0 Å². The number of benzene rings is 1. The molecule has 0 fully saturated rings. The Morgan fingerprint density at radius 3 is 2.50 bits per heavy atom. The largest absolute Gasteiger partial charge is 0.394 e. The zero-order valence-electron chi connectivity index (χ0n) is 9.98. The van der Waals surface area contributed by atoms with Gasteiger partial charge in [0, 0.05) is 6.42 Å². The van der Waals surface area contributed by atoms with Gasteiger partial charge in [0.05, 0.1) is 18.8 Å². The second kappa shape index (κ2) is 6.63. The Balaban J connectivity index is 2.33. The Kier molecular flexibility index (Phi) is 5.46. The fraction of sp³-hybridized carbons (Fsp3) is 0.538. The predicted molar refractivity (Wildman–Crippen MR) is 63.2 cm³/mol. The summed E-state index contributed by atoms with van der Waals surface area (Å²) in [6, 6.07) is 10.2. The number of rotatable bonds is 7. The van der Waals surface area contributed by atoms with Gasteiger partial charge in [0.2, 0.25) is 0 Å². The molecule has 3 heteroatoms. The van der Waals surface area contributed by atoms with E-state index in [2.05, 4.69) is 12.1 Å². The van der Waals surface area contributed by atoms with E-state index in [1.54, 1.807) is 0 Å². The van der Waals surface area contributed by atoms with Crippen molar-refractivity contribution < 1.29 is 14.6 Å². The molecule has 0 bridgehead atoms. The molecule has 0 radical (unpaired) electrons. The quantitative estimate of drug-likeness (QED) is 0.568. The number of hydrogen-bond acceptors (Lipinski definition) is 3. The first-order chi connectivity index (χ1) is 7.64. The predicted octanol–water partition coefficient (Wildman–Crippen LogP) is 1.99. The second-order valence-corrected chi connectivity index (χ2v) is 4.32. The van der Waals surface area contributed by atoms with Gasteiger partial charge in [0.25, 0.3) is 0 Å². The molecule has 3 nitrogen and oxygen atoms in total. The first-order valence-electron chi connectivity index (χ1n) is 5.50. The number of aliphatic hydroxyl groups is 1. The highest BCUT2D eigenvalue weighted by Gasteiger charge is 2.18. The van der Waals surface area contributed by atoms with Crippen LogP contribution in [0.3, 0.4) is 0 Å². The van der Waals surface area contributed by atoms with Crippen molar-refractivity contribution in [2.75, 3.05) is 20.0 Å². The van der Waals surface area contributed by atoms with Gasteiger partial charge in [0.15, 0.2) is 0 Å². The lowest BCUT2D eigenvalue weighted by Crippen LogP contribution is -2.28. The van der Waals surface area contributed by atoms with Crippen molar-refractivity contribution in [3.63, 3.8) is 0 Å². The standard InChI is InChI=1S/C13H20O3/c1-13(2,16-11-15-9-8-14)10-12-6-4-3-5-7-12/h3-7,14H,8-11H2,1-2H3. The van der Waals surface area contributed by atoms with E-state index in [0.29, 0.717) is 6.61 Å². The van der Waals surface area contributed by atoms with Crippen LogP contribution < -0.4 is 0 Å². The van der Waals surface area contributed by atoms with E-state index < -0.39 is 0 Å². The number of aliphatic hydroxyl groups excluding tert-OH is 1. The molecule has 1 aromatic rings. The van der Waals surface area contributed by atoms with Gasteiger partial charge < -0.3 is 14.6 Å². The average molecular weight is 224 g/mol. The van der Waals surface area contributed by atoms with Gasteiger partial charge in [-0.15, -0.1) is 0 Å². The maximum absolute atomic E-state index is 8.55. The highest BCUT2D eigenvalue weighted by Crippen LogP contribution is 2.16. The van der Waals surface area contributed by atoms with Crippen LogP contribution in [0.2, 0.25) is 0 Å². The zero-order valence-corrected chi connectivity index (χ0v) is 9.98. The molecule has 0 unspecified atom stereocenters. The molecule has 0 heterocycles. The normalized spacial score (nSPS) is 11.7. The van der Waals surface area contributed by atoms with E-state index in [4.69, 9.17) is 14.6 Å². The van der Waals surface area contributed by atoms with Crippen molar-refractivity contribution in [3.05, 3.63) is 35.9 Å². The third kappa shape index (κ3) is 5.26. The third-order valence-corrected chi connectivity index (χ3v) is 2.24. The van der Waals surface area contributed by atoms with Crippen LogP contribution in [0.4, 0.5) is 0 Å². The first-order valence-corrected chi connectivity index (χ1v) is 5.50. The van der Waals surface area contributed by atoms with Crippen molar-refractivity contribution in [1.29, 1.82) is 0 Å². The monoisotopic (exact) mass is 224 g/mol. The Morgan fingerprint density at radius 1 is 1.19 bits per heavy atom. The van der Waals surface area contributed by atoms with E-state index in [9.17, 15) is 0 Å². The molecule has 1 rings (SSSR count). The molecule has 1 N–H and O–H groups in total. The number of hydrogen-bond donors (Lipinski definition) is 1. The first kappa shape index (κ1) is 13.2. The van der Waals surface area contributed by atoms with Crippen LogP contribution in [0.5, 0.6) is 0 Å². The number of ether oxygens (including phenoxy) is 2. The van der Waals surface area contributed by atoms with E-state index in [0.717, 1.165) is 6.42 Å². The molecule has 0 amide bonds. The van der Waals surface area contributed by atoms with Gasteiger partial charge in [-0.2, -0.15) is 0 Å². The summed E-state index contributed by atoms with van der Waals surface area (Å²) >= 11 is 0. The maximum Gasteiger partial charge on any atom is 0.147 e. The second-order valence-electron chi connectivity index (χ2n) is 4.32. The van der Waals surface area contributed by atoms with Gasteiger partial charge in [-0.25, -0.2) is 0 Å². The smallest absolute Gasteiger partial charge is 0.147 e. The minimum Gasteiger partial charge on any atom is -0.394 e. The van der Waals surface area contributed by atoms with Crippen molar-refractivity contribution in [3.8, 4) is 0 Å². The highest BCUT2D eigenvalue weighted by atomic mass is 16.7. The molecule has 0 aliphatic carbocycles. The Labute approximate surface area is 97.0 Å². The summed E-state index contributed by atoms with van der Waals surface area (Å²) in [6.07, 6.45) is 0.844. The van der Waals surface area contributed by atoms with Crippen LogP contribution in [0.1, 0.15) is 19.4 Å². The minimum absolute atomic E-state index is 0.0302. The van der Waals surface area contributed by atoms with Gasteiger partial charge in [-0.3, -0.25) is 0 Å². The van der Waals surface area contributed by atoms with E-state index >= 15 is 0 Å². The van der Waals surface area contributed by atoms with Gasteiger partial charge in [-0.05, 0) is 19.4 Å². The summed E-state index contributed by atoms with van der Waals surface area (Å²) in [4.78, 5) is 0. The van der Waals surface area contributed by atoms with E-state index in [-0.39, 0.29) is 19.0 Å². The van der Waals surface area contributed by atoms with Crippen LogP contribution >= 0.6 is 0 Å². The molecule has 0 atom stereocenters. The van der Waals surface area contributed by atoms with Crippen LogP contribution in [-0.4, -0.2) is 30.7 Å². The minimum atomic E-state index is -0.253. The van der Waals surface area contributed by atoms with Crippen molar-refractivity contribution in [2.24, 2.45) is 0 Å². The fourth-order valence-corrected chi connectivity index (χ4v) is 1.46. The summed E-state index contributed by atoms with van der Waals surface area (Å²) in [5.41, 5.74) is 0.992. The third-order valence-electron chi connectivity index (χ3n) is 2.24. The molecular formula is C13H20O3. The molecule has 0 aliphatic heterocycles. The lowest BCUT2D eigenvalue weighted by atomic mass is 9.99. The molecule has 0 saturated carbocycles. The average Bonchev–Trinajstić information content (AvgIpc) is 2.25. The molecule has 1 aromatic carbocycles. The Morgan fingerprint density at radius 2 is 1.88 bits per heavy atom. The van der Waals surface area contributed by atoms with Crippen LogP contribution in [0.25, 0.3) is 0 Å². The zero-order chi connectivity index (χ0) is 11.9. The van der Waals surface area contributed by atoms with Crippen molar-refractivity contribution in [2.45, 2.75) is 25.9 Å². The summed E-state index contributed by atoms with van der Waals surface area (Å²) in [6.45, 7) is 4.63. The summed E-state index contributed by atoms with van der Waals surface area (Å²) in [7, 11) is 0. The van der Waals surface area contributed by atoms with Gasteiger partial charge in [0.1, 0.15) is 6.79 Å². The molecule has 0 aliphatic rings. The molecule has 0 saturated heterocycles. The fourth-order valence-electron chi connectivity index (χ4n) is 1.46. The summed E-state index contributed by atoms with van der Waals surface area (Å²) in [5.74, 6) is 0.